The van der Waals surface area contributed by atoms with Crippen molar-refractivity contribution in [1.82, 2.24) is 4.90 Å². The van der Waals surface area contributed by atoms with E-state index in [1.165, 1.54) is 57.9 Å². The molecule has 2 aliphatic rings. The van der Waals surface area contributed by atoms with Gasteiger partial charge in [0.05, 0.1) is 0 Å². The summed E-state index contributed by atoms with van der Waals surface area (Å²) < 4.78 is 0. The minimum absolute atomic E-state index is 0.246. The average Bonchev–Trinajstić information content (AvgIpc) is 2.77. The molecular weight excluding hydrogens is 198 g/mol. The highest BCUT2D eigenvalue weighted by Crippen LogP contribution is 2.38. The molecule has 1 saturated carbocycles. The summed E-state index contributed by atoms with van der Waals surface area (Å²) in [5.74, 6) is 0. The zero-order chi connectivity index (χ0) is 11.4. The summed E-state index contributed by atoms with van der Waals surface area (Å²) in [6.07, 6.45) is 10.5. The van der Waals surface area contributed by atoms with Crippen molar-refractivity contribution < 1.29 is 5.11 Å². The fourth-order valence-electron chi connectivity index (χ4n) is 3.66. The van der Waals surface area contributed by atoms with Gasteiger partial charge in [-0.05, 0) is 38.6 Å². The second-order valence-electron chi connectivity index (χ2n) is 5.89. The molecule has 0 aromatic heterocycles. The molecule has 0 amide bonds. The van der Waals surface area contributed by atoms with E-state index < -0.39 is 0 Å². The Morgan fingerprint density at radius 1 is 1.19 bits per heavy atom. The Morgan fingerprint density at radius 3 is 2.56 bits per heavy atom. The van der Waals surface area contributed by atoms with E-state index in [2.05, 4.69) is 11.8 Å². The molecule has 1 saturated heterocycles. The van der Waals surface area contributed by atoms with Crippen molar-refractivity contribution in [2.75, 3.05) is 19.7 Å². The van der Waals surface area contributed by atoms with Gasteiger partial charge in [-0.15, -0.1) is 0 Å². The Morgan fingerprint density at radius 2 is 1.94 bits per heavy atom. The molecule has 0 aromatic rings. The second-order valence-corrected chi connectivity index (χ2v) is 5.89. The highest BCUT2D eigenvalue weighted by atomic mass is 16.3. The molecule has 0 aromatic carbocycles. The number of aliphatic hydroxyl groups excluding tert-OH is 1. The van der Waals surface area contributed by atoms with Gasteiger partial charge >= 0.3 is 0 Å². The number of hydrogen-bond donors (Lipinski definition) is 1. The topological polar surface area (TPSA) is 23.5 Å². The van der Waals surface area contributed by atoms with Gasteiger partial charge in [0.1, 0.15) is 0 Å². The molecule has 2 rings (SSSR count). The first-order chi connectivity index (χ1) is 7.79. The third-order valence-corrected chi connectivity index (χ3v) is 4.76. The minimum Gasteiger partial charge on any atom is -0.396 e. The van der Waals surface area contributed by atoms with E-state index in [4.69, 9.17) is 0 Å². The van der Waals surface area contributed by atoms with Gasteiger partial charge in [0.25, 0.3) is 0 Å². The number of nitrogens with zero attached hydrogens (tertiary/aromatic N) is 1. The van der Waals surface area contributed by atoms with Gasteiger partial charge in [-0.1, -0.05) is 26.2 Å². The molecule has 0 bridgehead atoms. The van der Waals surface area contributed by atoms with Gasteiger partial charge in [0.2, 0.25) is 0 Å². The van der Waals surface area contributed by atoms with E-state index in [1.54, 1.807) is 0 Å². The fraction of sp³-hybridized carbons (Fsp3) is 1.00. The quantitative estimate of drug-likeness (QED) is 0.795. The molecule has 16 heavy (non-hydrogen) atoms. The molecule has 0 radical (unpaired) electrons. The Hall–Kier alpha value is -0.0800. The lowest BCUT2D eigenvalue weighted by molar-refractivity contribution is 0.0357. The van der Waals surface area contributed by atoms with Crippen LogP contribution >= 0.6 is 0 Å². The largest absolute Gasteiger partial charge is 0.396 e. The summed E-state index contributed by atoms with van der Waals surface area (Å²) in [4.78, 5) is 2.65. The van der Waals surface area contributed by atoms with Gasteiger partial charge in [0, 0.05) is 24.6 Å². The first kappa shape index (κ1) is 12.4. The van der Waals surface area contributed by atoms with E-state index in [0.717, 1.165) is 12.6 Å². The van der Waals surface area contributed by atoms with Crippen LogP contribution in [0.3, 0.4) is 0 Å². The Labute approximate surface area is 100 Å². The Kier molecular flexibility index (Phi) is 4.26. The normalized spacial score (nSPS) is 30.8. The summed E-state index contributed by atoms with van der Waals surface area (Å²) in [5.41, 5.74) is 0.246. The van der Waals surface area contributed by atoms with Gasteiger partial charge < -0.3 is 5.11 Å². The van der Waals surface area contributed by atoms with E-state index in [1.807, 2.05) is 0 Å². The third-order valence-electron chi connectivity index (χ3n) is 4.76. The fourth-order valence-corrected chi connectivity index (χ4v) is 3.66. The van der Waals surface area contributed by atoms with Crippen LogP contribution in [0.1, 0.15) is 58.3 Å². The lowest BCUT2D eigenvalue weighted by atomic mass is 9.74. The Balaban J connectivity index is 1.94. The van der Waals surface area contributed by atoms with Crippen molar-refractivity contribution in [2.45, 2.75) is 64.3 Å². The maximum absolute atomic E-state index is 9.73. The molecule has 2 nitrogen and oxygen atoms in total. The standard InChI is InChI=1S/C14H27NO/c1-2-13-7-6-10-15(13)11-14(12-16)8-4-3-5-9-14/h13,16H,2-12H2,1H3. The minimum atomic E-state index is 0.246. The predicted molar refractivity (Wildman–Crippen MR) is 67.5 cm³/mol. The molecule has 1 unspecified atom stereocenters. The van der Waals surface area contributed by atoms with Gasteiger partial charge in [-0.2, -0.15) is 0 Å². The van der Waals surface area contributed by atoms with Crippen LogP contribution in [-0.2, 0) is 0 Å². The van der Waals surface area contributed by atoms with Crippen molar-refractivity contribution >= 4 is 0 Å². The zero-order valence-corrected chi connectivity index (χ0v) is 10.7. The van der Waals surface area contributed by atoms with Crippen molar-refractivity contribution in [1.29, 1.82) is 0 Å². The van der Waals surface area contributed by atoms with E-state index in [9.17, 15) is 5.11 Å². The Bertz CT molecular complexity index is 211. The van der Waals surface area contributed by atoms with Crippen LogP contribution in [0.2, 0.25) is 0 Å². The molecule has 0 spiro atoms. The van der Waals surface area contributed by atoms with Crippen molar-refractivity contribution in [3.05, 3.63) is 0 Å². The number of rotatable bonds is 4. The molecule has 2 heteroatoms. The highest BCUT2D eigenvalue weighted by Gasteiger charge is 2.36. The predicted octanol–water partition coefficient (Wildman–Crippen LogP) is 2.80. The summed E-state index contributed by atoms with van der Waals surface area (Å²) in [7, 11) is 0. The summed E-state index contributed by atoms with van der Waals surface area (Å²) in [5, 5.41) is 9.73. The smallest absolute Gasteiger partial charge is 0.0499 e. The molecule has 1 aliphatic carbocycles. The number of hydrogen-bond acceptors (Lipinski definition) is 2. The first-order valence-corrected chi connectivity index (χ1v) is 7.14. The second kappa shape index (κ2) is 5.50. The van der Waals surface area contributed by atoms with Crippen LogP contribution in [-0.4, -0.2) is 35.7 Å². The molecule has 2 fully saturated rings. The van der Waals surface area contributed by atoms with Crippen LogP contribution in [0.15, 0.2) is 0 Å². The zero-order valence-electron chi connectivity index (χ0n) is 10.7. The van der Waals surface area contributed by atoms with E-state index in [0.29, 0.717) is 6.61 Å². The average molecular weight is 225 g/mol. The van der Waals surface area contributed by atoms with Gasteiger partial charge in [-0.25, -0.2) is 0 Å². The first-order valence-electron chi connectivity index (χ1n) is 7.14. The molecule has 94 valence electrons. The maximum atomic E-state index is 9.73. The van der Waals surface area contributed by atoms with Crippen LogP contribution in [0.5, 0.6) is 0 Å². The molecule has 1 aliphatic heterocycles. The van der Waals surface area contributed by atoms with Crippen molar-refractivity contribution in [2.24, 2.45) is 5.41 Å². The van der Waals surface area contributed by atoms with Crippen LogP contribution < -0.4 is 0 Å². The molecular formula is C14H27NO. The lowest BCUT2D eigenvalue weighted by Gasteiger charge is -2.40. The molecule has 1 atom stereocenters. The number of aliphatic hydroxyl groups is 1. The van der Waals surface area contributed by atoms with Gasteiger partial charge in [0.15, 0.2) is 0 Å². The summed E-state index contributed by atoms with van der Waals surface area (Å²) in [6.45, 7) is 5.12. The summed E-state index contributed by atoms with van der Waals surface area (Å²) in [6, 6.07) is 0.797. The monoisotopic (exact) mass is 225 g/mol. The molecule has 1 heterocycles. The van der Waals surface area contributed by atoms with Crippen LogP contribution in [0.4, 0.5) is 0 Å². The summed E-state index contributed by atoms with van der Waals surface area (Å²) >= 11 is 0. The van der Waals surface area contributed by atoms with Crippen molar-refractivity contribution in [3.63, 3.8) is 0 Å². The molecule has 1 N–H and O–H groups in total. The van der Waals surface area contributed by atoms with E-state index in [-0.39, 0.29) is 5.41 Å². The van der Waals surface area contributed by atoms with Crippen molar-refractivity contribution in [3.8, 4) is 0 Å². The van der Waals surface area contributed by atoms with Crippen LogP contribution in [0.25, 0.3) is 0 Å². The SMILES string of the molecule is CCC1CCCN1CC1(CO)CCCCC1. The highest BCUT2D eigenvalue weighted by molar-refractivity contribution is 4.89. The van der Waals surface area contributed by atoms with E-state index >= 15 is 0 Å². The lowest BCUT2D eigenvalue weighted by Crippen LogP contribution is -2.43. The van der Waals surface area contributed by atoms with Crippen LogP contribution in [0, 0.1) is 5.41 Å². The number of likely N-dealkylation sites (tertiary alicyclic amines) is 1. The van der Waals surface area contributed by atoms with Gasteiger partial charge in [-0.3, -0.25) is 4.90 Å². The third kappa shape index (κ3) is 2.60. The maximum Gasteiger partial charge on any atom is 0.0499 e.